The SMILES string of the molecule is CN(C)CCNC(=O)Cc1ccc(OCc2ccc(-c3ccccc3)cc2)cc1.Cl. The Bertz CT molecular complexity index is 895. The number of hydrogen-bond acceptors (Lipinski definition) is 3. The van der Waals surface area contributed by atoms with Crippen molar-refractivity contribution in [2.45, 2.75) is 13.0 Å². The molecule has 158 valence electrons. The van der Waals surface area contributed by atoms with Crippen LogP contribution in [0.25, 0.3) is 11.1 Å². The molecule has 0 heterocycles. The predicted molar refractivity (Wildman–Crippen MR) is 125 cm³/mol. The lowest BCUT2D eigenvalue weighted by Gasteiger charge is -2.11. The third-order valence-corrected chi connectivity index (χ3v) is 4.64. The second-order valence-electron chi connectivity index (χ2n) is 7.33. The van der Waals surface area contributed by atoms with Crippen LogP contribution in [-0.4, -0.2) is 38.0 Å². The maximum Gasteiger partial charge on any atom is 0.224 e. The molecule has 0 fully saturated rings. The first-order valence-electron chi connectivity index (χ1n) is 9.88. The molecule has 3 aromatic carbocycles. The summed E-state index contributed by atoms with van der Waals surface area (Å²) in [5.41, 5.74) is 4.50. The fourth-order valence-corrected chi connectivity index (χ4v) is 2.96. The molecule has 0 saturated carbocycles. The van der Waals surface area contributed by atoms with Crippen molar-refractivity contribution in [3.63, 3.8) is 0 Å². The fraction of sp³-hybridized carbons (Fsp3) is 0.240. The number of carbonyl (C=O) groups excluding carboxylic acids is 1. The van der Waals surface area contributed by atoms with Crippen molar-refractivity contribution in [1.29, 1.82) is 0 Å². The molecule has 0 aliphatic rings. The Balaban J connectivity index is 0.00000320. The van der Waals surface area contributed by atoms with E-state index in [0.29, 0.717) is 19.6 Å². The summed E-state index contributed by atoms with van der Waals surface area (Å²) in [6, 6.07) is 26.5. The number of amides is 1. The molecule has 0 bridgehead atoms. The van der Waals surface area contributed by atoms with Gasteiger partial charge in [-0.15, -0.1) is 12.4 Å². The van der Waals surface area contributed by atoms with Gasteiger partial charge in [0, 0.05) is 13.1 Å². The maximum atomic E-state index is 12.0. The van der Waals surface area contributed by atoms with Gasteiger partial charge in [0.15, 0.2) is 0 Å². The highest BCUT2D eigenvalue weighted by atomic mass is 35.5. The summed E-state index contributed by atoms with van der Waals surface area (Å²) in [5, 5.41) is 2.93. The molecule has 0 atom stereocenters. The zero-order valence-corrected chi connectivity index (χ0v) is 18.3. The zero-order chi connectivity index (χ0) is 20.5. The molecular weight excluding hydrogens is 396 g/mol. The Hall–Kier alpha value is -2.82. The van der Waals surface area contributed by atoms with Gasteiger partial charge < -0.3 is 15.0 Å². The summed E-state index contributed by atoms with van der Waals surface area (Å²) in [7, 11) is 3.98. The molecule has 1 amide bonds. The Morgan fingerprint density at radius 2 is 1.43 bits per heavy atom. The van der Waals surface area contributed by atoms with Crippen LogP contribution < -0.4 is 10.1 Å². The molecule has 0 saturated heterocycles. The standard InChI is InChI=1S/C25H28N2O2.ClH/c1-27(2)17-16-26-25(28)18-20-10-14-24(15-11-20)29-19-21-8-12-23(13-9-21)22-6-4-3-5-7-22;/h3-15H,16-19H2,1-2H3,(H,26,28);1H. The quantitative estimate of drug-likeness (QED) is 0.546. The van der Waals surface area contributed by atoms with Crippen LogP contribution >= 0.6 is 12.4 Å². The summed E-state index contributed by atoms with van der Waals surface area (Å²) >= 11 is 0. The van der Waals surface area contributed by atoms with Crippen molar-refractivity contribution in [2.24, 2.45) is 0 Å². The van der Waals surface area contributed by atoms with Gasteiger partial charge in [0.25, 0.3) is 0 Å². The van der Waals surface area contributed by atoms with Gasteiger partial charge in [-0.2, -0.15) is 0 Å². The van der Waals surface area contributed by atoms with Gasteiger partial charge in [-0.25, -0.2) is 0 Å². The van der Waals surface area contributed by atoms with E-state index in [4.69, 9.17) is 4.74 Å². The molecule has 1 N–H and O–H groups in total. The minimum atomic E-state index is 0. The monoisotopic (exact) mass is 424 g/mol. The van der Waals surface area contributed by atoms with Gasteiger partial charge in [-0.3, -0.25) is 4.79 Å². The van der Waals surface area contributed by atoms with Gasteiger partial charge in [-0.1, -0.05) is 66.7 Å². The highest BCUT2D eigenvalue weighted by Crippen LogP contribution is 2.20. The van der Waals surface area contributed by atoms with Crippen molar-refractivity contribution in [1.82, 2.24) is 10.2 Å². The molecule has 0 unspecified atom stereocenters. The van der Waals surface area contributed by atoms with Crippen LogP contribution in [0.3, 0.4) is 0 Å². The normalized spacial score (nSPS) is 10.4. The van der Waals surface area contributed by atoms with Gasteiger partial charge in [0.1, 0.15) is 12.4 Å². The summed E-state index contributed by atoms with van der Waals surface area (Å²) in [6.07, 6.45) is 0.384. The first kappa shape index (κ1) is 23.5. The minimum absolute atomic E-state index is 0. The van der Waals surface area contributed by atoms with E-state index in [1.807, 2.05) is 61.5 Å². The molecule has 0 aliphatic carbocycles. The van der Waals surface area contributed by atoms with E-state index in [1.54, 1.807) is 0 Å². The number of nitrogens with zero attached hydrogens (tertiary/aromatic N) is 1. The summed E-state index contributed by atoms with van der Waals surface area (Å²) < 4.78 is 5.88. The molecule has 3 rings (SSSR count). The first-order valence-corrected chi connectivity index (χ1v) is 9.88. The Kier molecular flexibility index (Phi) is 9.39. The second-order valence-corrected chi connectivity index (χ2v) is 7.33. The molecule has 30 heavy (non-hydrogen) atoms. The van der Waals surface area contributed by atoms with Crippen LogP contribution in [0.2, 0.25) is 0 Å². The van der Waals surface area contributed by atoms with E-state index < -0.39 is 0 Å². The van der Waals surface area contributed by atoms with E-state index in [2.05, 4.69) is 41.7 Å². The molecular formula is C25H29ClN2O2. The van der Waals surface area contributed by atoms with Crippen LogP contribution in [0.4, 0.5) is 0 Å². The van der Waals surface area contributed by atoms with Gasteiger partial charge in [0.05, 0.1) is 6.42 Å². The van der Waals surface area contributed by atoms with E-state index >= 15 is 0 Å². The number of ether oxygens (including phenoxy) is 1. The molecule has 5 heteroatoms. The van der Waals surface area contributed by atoms with E-state index in [0.717, 1.165) is 23.4 Å². The largest absolute Gasteiger partial charge is 0.489 e. The lowest BCUT2D eigenvalue weighted by atomic mass is 10.0. The molecule has 3 aromatic rings. The predicted octanol–water partition coefficient (Wildman–Crippen LogP) is 4.57. The van der Waals surface area contributed by atoms with Crippen LogP contribution in [0, 0.1) is 0 Å². The number of carbonyl (C=O) groups is 1. The highest BCUT2D eigenvalue weighted by Gasteiger charge is 2.04. The van der Waals surface area contributed by atoms with Gasteiger partial charge in [0.2, 0.25) is 5.91 Å². The number of halogens is 1. The van der Waals surface area contributed by atoms with Gasteiger partial charge in [-0.05, 0) is 48.5 Å². The van der Waals surface area contributed by atoms with Crippen molar-refractivity contribution in [3.8, 4) is 16.9 Å². The topological polar surface area (TPSA) is 41.6 Å². The van der Waals surface area contributed by atoms with E-state index in [1.165, 1.54) is 11.1 Å². The van der Waals surface area contributed by atoms with Crippen molar-refractivity contribution < 1.29 is 9.53 Å². The van der Waals surface area contributed by atoms with Crippen LogP contribution in [0.1, 0.15) is 11.1 Å². The van der Waals surface area contributed by atoms with Crippen molar-refractivity contribution in [2.75, 3.05) is 27.2 Å². The molecule has 4 nitrogen and oxygen atoms in total. The lowest BCUT2D eigenvalue weighted by molar-refractivity contribution is -0.120. The number of rotatable bonds is 9. The number of nitrogens with one attached hydrogen (secondary N) is 1. The smallest absolute Gasteiger partial charge is 0.224 e. The highest BCUT2D eigenvalue weighted by molar-refractivity contribution is 5.85. The molecule has 0 aromatic heterocycles. The summed E-state index contributed by atoms with van der Waals surface area (Å²) in [6.45, 7) is 2.01. The summed E-state index contributed by atoms with van der Waals surface area (Å²) in [4.78, 5) is 14.0. The van der Waals surface area contributed by atoms with Crippen LogP contribution in [0.15, 0.2) is 78.9 Å². The second kappa shape index (κ2) is 12.0. The third kappa shape index (κ3) is 7.54. The minimum Gasteiger partial charge on any atom is -0.489 e. The Morgan fingerprint density at radius 3 is 2.07 bits per heavy atom. The van der Waals surface area contributed by atoms with Crippen molar-refractivity contribution >= 4 is 18.3 Å². The van der Waals surface area contributed by atoms with E-state index in [9.17, 15) is 4.79 Å². The average molecular weight is 425 g/mol. The van der Waals surface area contributed by atoms with E-state index in [-0.39, 0.29) is 18.3 Å². The Morgan fingerprint density at radius 1 is 0.833 bits per heavy atom. The molecule has 0 radical (unpaired) electrons. The fourth-order valence-electron chi connectivity index (χ4n) is 2.96. The van der Waals surface area contributed by atoms with Crippen molar-refractivity contribution in [3.05, 3.63) is 90.0 Å². The van der Waals surface area contributed by atoms with Gasteiger partial charge >= 0.3 is 0 Å². The average Bonchev–Trinajstić information content (AvgIpc) is 2.74. The third-order valence-electron chi connectivity index (χ3n) is 4.64. The van der Waals surface area contributed by atoms with Crippen LogP contribution in [-0.2, 0) is 17.8 Å². The first-order chi connectivity index (χ1) is 14.1. The number of benzene rings is 3. The molecule has 0 spiro atoms. The molecule has 0 aliphatic heterocycles. The zero-order valence-electron chi connectivity index (χ0n) is 17.5. The maximum absolute atomic E-state index is 12.0. The van der Waals surface area contributed by atoms with Crippen LogP contribution in [0.5, 0.6) is 5.75 Å². The summed E-state index contributed by atoms with van der Waals surface area (Å²) in [5.74, 6) is 0.841. The Labute approximate surface area is 185 Å². The lowest BCUT2D eigenvalue weighted by Crippen LogP contribution is -2.32. The number of likely N-dealkylation sites (N-methyl/N-ethyl adjacent to an activating group) is 1. The number of hydrogen-bond donors (Lipinski definition) is 1.